The van der Waals surface area contributed by atoms with E-state index >= 15 is 0 Å². The van der Waals surface area contributed by atoms with Crippen molar-refractivity contribution in [2.45, 2.75) is 32.9 Å². The maximum atomic E-state index is 12.9. The summed E-state index contributed by atoms with van der Waals surface area (Å²) < 4.78 is 0. The molecule has 6 heteroatoms. The number of thiophene rings is 1. The molecule has 3 rings (SSSR count). The van der Waals surface area contributed by atoms with Gasteiger partial charge in [0.25, 0.3) is 11.8 Å². The summed E-state index contributed by atoms with van der Waals surface area (Å²) in [5, 5.41) is 4.88. The van der Waals surface area contributed by atoms with E-state index in [1.807, 2.05) is 38.3 Å². The minimum Gasteiger partial charge on any atom is -0.347 e. The van der Waals surface area contributed by atoms with Crippen molar-refractivity contribution in [1.29, 1.82) is 0 Å². The van der Waals surface area contributed by atoms with E-state index in [-0.39, 0.29) is 17.9 Å². The lowest BCUT2D eigenvalue weighted by molar-refractivity contribution is -0.127. The maximum absolute atomic E-state index is 12.9. The number of nitrogens with zero attached hydrogens (tertiary/aromatic N) is 1. The number of nitrogens with one attached hydrogen (secondary N) is 1. The van der Waals surface area contributed by atoms with E-state index < -0.39 is 17.9 Å². The Bertz CT molecular complexity index is 779. The Hall–Kier alpha value is -2.47. The van der Waals surface area contributed by atoms with E-state index in [1.165, 1.54) is 0 Å². The van der Waals surface area contributed by atoms with Gasteiger partial charge in [0.15, 0.2) is 0 Å². The molecule has 1 N–H and O–H groups in total. The Kier molecular flexibility index (Phi) is 4.72. The quantitative estimate of drug-likeness (QED) is 0.837. The topological polar surface area (TPSA) is 66.5 Å². The van der Waals surface area contributed by atoms with Crippen molar-refractivity contribution in [2.24, 2.45) is 5.92 Å². The Morgan fingerprint density at radius 3 is 2.08 bits per heavy atom. The highest BCUT2D eigenvalue weighted by Crippen LogP contribution is 2.28. The van der Waals surface area contributed by atoms with Gasteiger partial charge in [0.05, 0.1) is 17.2 Å². The van der Waals surface area contributed by atoms with Gasteiger partial charge < -0.3 is 5.32 Å². The van der Waals surface area contributed by atoms with Crippen LogP contribution < -0.4 is 5.32 Å². The molecule has 5 nitrogen and oxygen atoms in total. The molecule has 2 unspecified atom stereocenters. The molecule has 0 radical (unpaired) electrons. The molecule has 1 aliphatic heterocycles. The first-order chi connectivity index (χ1) is 11.9. The third-order valence-corrected chi connectivity index (χ3v) is 5.39. The minimum absolute atomic E-state index is 0.177. The molecule has 130 valence electrons. The number of carbonyl (C=O) groups is 3. The van der Waals surface area contributed by atoms with Crippen molar-refractivity contribution in [3.05, 3.63) is 57.8 Å². The van der Waals surface area contributed by atoms with E-state index in [4.69, 9.17) is 0 Å². The molecule has 1 aliphatic rings. The SMILES string of the molecule is CC(NC(=O)C(C(C)C)N1C(=O)c2ccccc2C1=O)c1cccs1. The van der Waals surface area contributed by atoms with Crippen LogP contribution >= 0.6 is 11.3 Å². The second-order valence-corrected chi connectivity index (χ2v) is 7.44. The van der Waals surface area contributed by atoms with Crippen LogP contribution in [0.15, 0.2) is 41.8 Å². The zero-order valence-electron chi connectivity index (χ0n) is 14.4. The van der Waals surface area contributed by atoms with Crippen molar-refractivity contribution < 1.29 is 14.4 Å². The number of fused-ring (bicyclic) bond motifs is 1. The van der Waals surface area contributed by atoms with Crippen molar-refractivity contribution >= 4 is 29.1 Å². The molecular weight excluding hydrogens is 336 g/mol. The molecular formula is C19H20N2O3S. The van der Waals surface area contributed by atoms with Crippen LogP contribution in [0.2, 0.25) is 0 Å². The molecule has 0 bridgehead atoms. The molecule has 0 saturated heterocycles. The van der Waals surface area contributed by atoms with Crippen LogP contribution in [0.4, 0.5) is 0 Å². The Balaban J connectivity index is 1.86. The predicted molar refractivity (Wildman–Crippen MR) is 96.4 cm³/mol. The highest BCUT2D eigenvalue weighted by atomic mass is 32.1. The summed E-state index contributed by atoms with van der Waals surface area (Å²) in [5.74, 6) is -1.32. The molecule has 25 heavy (non-hydrogen) atoms. The van der Waals surface area contributed by atoms with Gasteiger partial charge >= 0.3 is 0 Å². The third kappa shape index (κ3) is 3.09. The van der Waals surface area contributed by atoms with Crippen molar-refractivity contribution in [1.82, 2.24) is 10.2 Å². The summed E-state index contributed by atoms with van der Waals surface area (Å²) in [4.78, 5) is 40.4. The first-order valence-electron chi connectivity index (χ1n) is 8.22. The van der Waals surface area contributed by atoms with Crippen molar-refractivity contribution in [2.75, 3.05) is 0 Å². The average molecular weight is 356 g/mol. The molecule has 2 heterocycles. The number of rotatable bonds is 5. The van der Waals surface area contributed by atoms with E-state index in [2.05, 4.69) is 5.32 Å². The van der Waals surface area contributed by atoms with Crippen molar-refractivity contribution in [3.63, 3.8) is 0 Å². The molecule has 3 amide bonds. The molecule has 0 aliphatic carbocycles. The van der Waals surface area contributed by atoms with Crippen LogP contribution in [0.25, 0.3) is 0 Å². The maximum Gasteiger partial charge on any atom is 0.262 e. The highest BCUT2D eigenvalue weighted by molar-refractivity contribution is 7.10. The number of hydrogen-bond donors (Lipinski definition) is 1. The highest BCUT2D eigenvalue weighted by Gasteiger charge is 2.44. The van der Waals surface area contributed by atoms with Crippen LogP contribution in [-0.2, 0) is 4.79 Å². The number of carbonyl (C=O) groups excluding carboxylic acids is 3. The zero-order chi connectivity index (χ0) is 18.1. The lowest BCUT2D eigenvalue weighted by Gasteiger charge is -2.29. The Morgan fingerprint density at radius 2 is 1.60 bits per heavy atom. The van der Waals surface area contributed by atoms with Gasteiger partial charge in [-0.25, -0.2) is 0 Å². The van der Waals surface area contributed by atoms with Crippen LogP contribution in [0.3, 0.4) is 0 Å². The third-order valence-electron chi connectivity index (χ3n) is 4.33. The summed E-state index contributed by atoms with van der Waals surface area (Å²) in [6.45, 7) is 5.57. The van der Waals surface area contributed by atoms with Gasteiger partial charge in [-0.15, -0.1) is 11.3 Å². The second kappa shape index (κ2) is 6.80. The fourth-order valence-corrected chi connectivity index (χ4v) is 3.82. The van der Waals surface area contributed by atoms with Crippen LogP contribution in [0.1, 0.15) is 52.4 Å². The summed E-state index contributed by atoms with van der Waals surface area (Å²) in [6.07, 6.45) is 0. The second-order valence-electron chi connectivity index (χ2n) is 6.46. The van der Waals surface area contributed by atoms with Crippen LogP contribution in [0.5, 0.6) is 0 Å². The largest absolute Gasteiger partial charge is 0.347 e. The van der Waals surface area contributed by atoms with Gasteiger partial charge in [-0.3, -0.25) is 19.3 Å². The fourth-order valence-electron chi connectivity index (χ4n) is 3.09. The molecule has 2 atom stereocenters. The lowest BCUT2D eigenvalue weighted by Crippen LogP contribution is -2.52. The monoisotopic (exact) mass is 356 g/mol. The Labute approximate surface area is 150 Å². The normalized spacial score (nSPS) is 16.1. The average Bonchev–Trinajstić information content (AvgIpc) is 3.19. The van der Waals surface area contributed by atoms with E-state index in [9.17, 15) is 14.4 Å². The van der Waals surface area contributed by atoms with Gasteiger partial charge in [0, 0.05) is 4.88 Å². The number of hydrogen-bond acceptors (Lipinski definition) is 4. The standard InChI is InChI=1S/C19H20N2O3S/c1-11(2)16(17(22)20-12(3)15-9-6-10-25-15)21-18(23)13-7-4-5-8-14(13)19(21)24/h4-12,16H,1-3H3,(H,20,22). The zero-order valence-corrected chi connectivity index (χ0v) is 15.2. The molecule has 0 spiro atoms. The summed E-state index contributed by atoms with van der Waals surface area (Å²) >= 11 is 1.55. The van der Waals surface area contributed by atoms with Crippen LogP contribution in [-0.4, -0.2) is 28.7 Å². The molecule has 0 saturated carbocycles. The molecule has 1 aromatic carbocycles. The minimum atomic E-state index is -0.838. The molecule has 0 fully saturated rings. The molecule has 2 aromatic rings. The first kappa shape index (κ1) is 17.4. The van der Waals surface area contributed by atoms with Gasteiger partial charge in [-0.05, 0) is 36.4 Å². The number of amides is 3. The van der Waals surface area contributed by atoms with Gasteiger partial charge in [-0.1, -0.05) is 32.0 Å². The van der Waals surface area contributed by atoms with Gasteiger partial charge in [0.1, 0.15) is 6.04 Å². The number of benzene rings is 1. The summed E-state index contributed by atoms with van der Waals surface area (Å²) in [5.41, 5.74) is 0.717. The van der Waals surface area contributed by atoms with Gasteiger partial charge in [-0.2, -0.15) is 0 Å². The predicted octanol–water partition coefficient (Wildman–Crippen LogP) is 3.25. The Morgan fingerprint density at radius 1 is 1.00 bits per heavy atom. The first-order valence-corrected chi connectivity index (χ1v) is 9.10. The molecule has 1 aromatic heterocycles. The number of imide groups is 1. The van der Waals surface area contributed by atoms with Crippen molar-refractivity contribution in [3.8, 4) is 0 Å². The smallest absolute Gasteiger partial charge is 0.262 e. The van der Waals surface area contributed by atoms with E-state index in [1.54, 1.807) is 35.6 Å². The van der Waals surface area contributed by atoms with Gasteiger partial charge in [0.2, 0.25) is 5.91 Å². The summed E-state index contributed by atoms with van der Waals surface area (Å²) in [7, 11) is 0. The summed E-state index contributed by atoms with van der Waals surface area (Å²) in [6, 6.07) is 9.54. The lowest BCUT2D eigenvalue weighted by atomic mass is 10.0. The van der Waals surface area contributed by atoms with E-state index in [0.717, 1.165) is 9.78 Å². The fraction of sp³-hybridized carbons (Fsp3) is 0.316. The van der Waals surface area contributed by atoms with Crippen LogP contribution in [0, 0.1) is 5.92 Å². The van der Waals surface area contributed by atoms with E-state index in [0.29, 0.717) is 11.1 Å².